The van der Waals surface area contributed by atoms with Crippen LogP contribution in [-0.2, 0) is 14.8 Å². The predicted octanol–water partition coefficient (Wildman–Crippen LogP) is 1.16. The minimum Gasteiger partial charge on any atom is -0.480 e. The summed E-state index contributed by atoms with van der Waals surface area (Å²) < 4.78 is 24.5. The number of nitrogens with zero attached hydrogens (tertiary/aromatic N) is 1. The fourth-order valence-corrected chi connectivity index (χ4v) is 2.71. The van der Waals surface area contributed by atoms with E-state index in [1.807, 2.05) is 20.8 Å². The van der Waals surface area contributed by atoms with Crippen LogP contribution in [0.15, 0.2) is 0 Å². The van der Waals surface area contributed by atoms with E-state index >= 15 is 0 Å². The van der Waals surface area contributed by atoms with Gasteiger partial charge in [-0.15, -0.1) is 0 Å². The first kappa shape index (κ1) is 15.4. The predicted molar refractivity (Wildman–Crippen MR) is 62.7 cm³/mol. The van der Waals surface area contributed by atoms with Crippen LogP contribution >= 0.6 is 0 Å². The smallest absolute Gasteiger partial charge is 0.321 e. The summed E-state index contributed by atoms with van der Waals surface area (Å²) in [5.74, 6) is -1.16. The third-order valence-corrected chi connectivity index (χ3v) is 4.37. The average Bonchev–Trinajstić information content (AvgIpc) is 2.11. The number of sulfonamides is 1. The summed E-state index contributed by atoms with van der Waals surface area (Å²) in [5, 5.41) is 8.74. The Labute approximate surface area is 97.5 Å². The molecule has 5 nitrogen and oxygen atoms in total. The highest BCUT2D eigenvalue weighted by Gasteiger charge is 2.28. The van der Waals surface area contributed by atoms with Crippen molar-refractivity contribution < 1.29 is 18.3 Å². The number of hydrogen-bond acceptors (Lipinski definition) is 3. The molecule has 1 atom stereocenters. The molecular formula is C10H21NO4S. The van der Waals surface area contributed by atoms with Crippen molar-refractivity contribution in [1.82, 2.24) is 4.31 Å². The Morgan fingerprint density at radius 3 is 2.12 bits per heavy atom. The van der Waals surface area contributed by atoms with E-state index in [1.165, 1.54) is 14.0 Å². The van der Waals surface area contributed by atoms with E-state index in [1.54, 1.807) is 0 Å². The van der Waals surface area contributed by atoms with Crippen molar-refractivity contribution in [2.45, 2.75) is 40.2 Å². The van der Waals surface area contributed by atoms with Crippen molar-refractivity contribution in [2.24, 2.45) is 5.41 Å². The third kappa shape index (κ3) is 4.94. The highest BCUT2D eigenvalue weighted by molar-refractivity contribution is 7.89. The van der Waals surface area contributed by atoms with Crippen molar-refractivity contribution in [3.05, 3.63) is 0 Å². The lowest BCUT2D eigenvalue weighted by atomic mass is 9.94. The molecule has 6 heteroatoms. The number of rotatable bonds is 5. The molecule has 96 valence electrons. The molecule has 0 saturated heterocycles. The highest BCUT2D eigenvalue weighted by Crippen LogP contribution is 2.20. The summed E-state index contributed by atoms with van der Waals surface area (Å²) >= 11 is 0. The van der Waals surface area contributed by atoms with Gasteiger partial charge in [-0.3, -0.25) is 4.79 Å². The van der Waals surface area contributed by atoms with Crippen LogP contribution in [0.5, 0.6) is 0 Å². The summed E-state index contributed by atoms with van der Waals surface area (Å²) in [4.78, 5) is 10.7. The van der Waals surface area contributed by atoms with Crippen molar-refractivity contribution in [1.29, 1.82) is 0 Å². The Balaban J connectivity index is 4.62. The monoisotopic (exact) mass is 251 g/mol. The lowest BCUT2D eigenvalue weighted by Crippen LogP contribution is -2.41. The molecule has 0 amide bonds. The van der Waals surface area contributed by atoms with E-state index in [2.05, 4.69) is 0 Å². The lowest BCUT2D eigenvalue weighted by Gasteiger charge is -2.24. The molecule has 0 spiro atoms. The van der Waals surface area contributed by atoms with Crippen molar-refractivity contribution in [3.8, 4) is 0 Å². The summed E-state index contributed by atoms with van der Waals surface area (Å²) in [6.45, 7) is 7.20. The van der Waals surface area contributed by atoms with Crippen molar-refractivity contribution >= 4 is 16.0 Å². The molecule has 0 rings (SSSR count). The quantitative estimate of drug-likeness (QED) is 0.795. The van der Waals surface area contributed by atoms with E-state index in [4.69, 9.17) is 5.11 Å². The molecule has 0 aliphatic carbocycles. The van der Waals surface area contributed by atoms with Gasteiger partial charge >= 0.3 is 5.97 Å². The number of aliphatic carboxylic acids is 1. The van der Waals surface area contributed by atoms with Gasteiger partial charge in [0.2, 0.25) is 10.0 Å². The average molecular weight is 251 g/mol. The Hall–Kier alpha value is -0.620. The zero-order valence-electron chi connectivity index (χ0n) is 10.5. The maximum Gasteiger partial charge on any atom is 0.321 e. The molecule has 0 bridgehead atoms. The van der Waals surface area contributed by atoms with Gasteiger partial charge in [0.15, 0.2) is 0 Å². The largest absolute Gasteiger partial charge is 0.480 e. The third-order valence-electron chi connectivity index (χ3n) is 2.45. The van der Waals surface area contributed by atoms with Gasteiger partial charge in [-0.2, -0.15) is 4.31 Å². The Morgan fingerprint density at radius 1 is 1.38 bits per heavy atom. The number of hydrogen-bond donors (Lipinski definition) is 1. The highest BCUT2D eigenvalue weighted by atomic mass is 32.2. The molecule has 0 heterocycles. The van der Waals surface area contributed by atoms with Crippen LogP contribution in [0, 0.1) is 5.41 Å². The molecule has 0 aromatic heterocycles. The second-order valence-corrected chi connectivity index (χ2v) is 7.31. The van der Waals surface area contributed by atoms with Crippen molar-refractivity contribution in [3.63, 3.8) is 0 Å². The zero-order chi connectivity index (χ0) is 13.1. The molecule has 0 saturated carbocycles. The number of carboxylic acid groups (broad SMARTS) is 1. The number of likely N-dealkylation sites (N-methyl/N-ethyl adjacent to an activating group) is 1. The van der Waals surface area contributed by atoms with Gasteiger partial charge in [-0.25, -0.2) is 8.42 Å². The van der Waals surface area contributed by atoms with Gasteiger partial charge in [0.1, 0.15) is 6.04 Å². The Kier molecular flexibility index (Phi) is 4.94. The minimum atomic E-state index is -3.49. The molecule has 16 heavy (non-hydrogen) atoms. The molecular weight excluding hydrogens is 230 g/mol. The fraction of sp³-hybridized carbons (Fsp3) is 0.900. The van der Waals surface area contributed by atoms with Crippen LogP contribution in [0.25, 0.3) is 0 Å². The fourth-order valence-electron chi connectivity index (χ4n) is 0.976. The van der Waals surface area contributed by atoms with Crippen LogP contribution in [-0.4, -0.2) is 42.6 Å². The second-order valence-electron chi connectivity index (χ2n) is 5.16. The molecule has 1 N–H and O–H groups in total. The maximum atomic E-state index is 11.8. The Morgan fingerprint density at radius 2 is 1.81 bits per heavy atom. The normalized spacial score (nSPS) is 15.1. The SMILES string of the molecule is CC(C(=O)O)N(C)S(=O)(=O)CCC(C)(C)C. The first-order chi connectivity index (χ1) is 6.97. The van der Waals surface area contributed by atoms with Crippen LogP contribution in [0.3, 0.4) is 0 Å². The minimum absolute atomic E-state index is 0.0232. The summed E-state index contributed by atoms with van der Waals surface area (Å²) in [5.41, 5.74) is -0.0830. The molecule has 0 aliphatic heterocycles. The molecule has 0 aliphatic rings. The van der Waals surface area contributed by atoms with Crippen LogP contribution in [0.4, 0.5) is 0 Å². The van der Waals surface area contributed by atoms with Crippen LogP contribution in [0.2, 0.25) is 0 Å². The summed E-state index contributed by atoms with van der Waals surface area (Å²) in [7, 11) is -2.18. The molecule has 0 aromatic rings. The zero-order valence-corrected chi connectivity index (χ0v) is 11.3. The van der Waals surface area contributed by atoms with Gasteiger partial charge in [0, 0.05) is 7.05 Å². The first-order valence-electron chi connectivity index (χ1n) is 5.16. The number of carboxylic acids is 1. The van der Waals surface area contributed by atoms with Crippen LogP contribution in [0.1, 0.15) is 34.1 Å². The van der Waals surface area contributed by atoms with Gasteiger partial charge in [0.05, 0.1) is 5.75 Å². The van der Waals surface area contributed by atoms with Gasteiger partial charge in [-0.05, 0) is 18.8 Å². The molecule has 0 radical (unpaired) electrons. The van der Waals surface area contributed by atoms with E-state index in [0.29, 0.717) is 6.42 Å². The van der Waals surface area contributed by atoms with Gasteiger partial charge < -0.3 is 5.11 Å². The summed E-state index contributed by atoms with van der Waals surface area (Å²) in [6, 6.07) is -1.02. The molecule has 1 unspecified atom stereocenters. The lowest BCUT2D eigenvalue weighted by molar-refractivity contribution is -0.140. The topological polar surface area (TPSA) is 74.7 Å². The maximum absolute atomic E-state index is 11.8. The first-order valence-corrected chi connectivity index (χ1v) is 6.77. The van der Waals surface area contributed by atoms with E-state index in [9.17, 15) is 13.2 Å². The van der Waals surface area contributed by atoms with Crippen LogP contribution < -0.4 is 0 Å². The number of carbonyl (C=O) groups is 1. The van der Waals surface area contributed by atoms with E-state index in [0.717, 1.165) is 4.31 Å². The van der Waals surface area contributed by atoms with E-state index < -0.39 is 22.0 Å². The second kappa shape index (κ2) is 5.14. The molecule has 0 aromatic carbocycles. The standard InChI is InChI=1S/C10H21NO4S/c1-8(9(12)13)11(5)16(14,15)7-6-10(2,3)4/h8H,6-7H2,1-5H3,(H,12,13). The van der Waals surface area contributed by atoms with Crippen molar-refractivity contribution in [2.75, 3.05) is 12.8 Å². The van der Waals surface area contributed by atoms with E-state index in [-0.39, 0.29) is 11.2 Å². The van der Waals surface area contributed by atoms with Gasteiger partial charge in [-0.1, -0.05) is 20.8 Å². The van der Waals surface area contributed by atoms with Gasteiger partial charge in [0.25, 0.3) is 0 Å². The Bertz CT molecular complexity index is 342. The molecule has 0 fully saturated rings. The summed E-state index contributed by atoms with van der Waals surface area (Å²) in [6.07, 6.45) is 0.506.